The molecular formula is C15H19ClFNO. The average Bonchev–Trinajstić information content (AvgIpc) is 2.65. The van der Waals surface area contributed by atoms with Gasteiger partial charge in [-0.3, -0.25) is 0 Å². The first-order valence-corrected chi connectivity index (χ1v) is 7.00. The van der Waals surface area contributed by atoms with Gasteiger partial charge < -0.3 is 9.73 Å². The highest BCUT2D eigenvalue weighted by molar-refractivity contribution is 6.34. The van der Waals surface area contributed by atoms with E-state index in [1.165, 1.54) is 12.1 Å². The van der Waals surface area contributed by atoms with Gasteiger partial charge in [0.2, 0.25) is 0 Å². The van der Waals surface area contributed by atoms with E-state index in [0.29, 0.717) is 23.1 Å². The second-order valence-corrected chi connectivity index (χ2v) is 5.55. The van der Waals surface area contributed by atoms with Gasteiger partial charge in [-0.05, 0) is 31.0 Å². The van der Waals surface area contributed by atoms with Gasteiger partial charge in [0.25, 0.3) is 0 Å². The lowest BCUT2D eigenvalue weighted by atomic mass is 9.99. The van der Waals surface area contributed by atoms with Crippen molar-refractivity contribution in [2.24, 2.45) is 5.92 Å². The van der Waals surface area contributed by atoms with Crippen LogP contribution in [-0.4, -0.2) is 6.54 Å². The van der Waals surface area contributed by atoms with Crippen LogP contribution in [0.1, 0.15) is 32.1 Å². The molecule has 1 N–H and O–H groups in total. The van der Waals surface area contributed by atoms with Crippen LogP contribution in [0.25, 0.3) is 11.0 Å². The normalized spacial score (nSPS) is 11.7. The van der Waals surface area contributed by atoms with E-state index in [1.54, 1.807) is 0 Å². The monoisotopic (exact) mass is 283 g/mol. The number of hydrogen-bond acceptors (Lipinski definition) is 2. The van der Waals surface area contributed by atoms with Crippen LogP contribution >= 0.6 is 11.6 Å². The molecule has 0 fully saturated rings. The first-order valence-electron chi connectivity index (χ1n) is 6.63. The summed E-state index contributed by atoms with van der Waals surface area (Å²) >= 11 is 6.06. The maximum absolute atomic E-state index is 13.5. The summed E-state index contributed by atoms with van der Waals surface area (Å²) in [7, 11) is 0. The molecule has 0 radical (unpaired) electrons. The van der Waals surface area contributed by atoms with Crippen molar-refractivity contribution in [3.63, 3.8) is 0 Å². The zero-order chi connectivity index (χ0) is 14.0. The van der Waals surface area contributed by atoms with Crippen LogP contribution in [0.5, 0.6) is 0 Å². The molecule has 0 saturated carbocycles. The summed E-state index contributed by atoms with van der Waals surface area (Å²) in [5, 5.41) is 4.38. The number of nitrogens with one attached hydrogen (secondary N) is 1. The molecule has 0 aliphatic rings. The minimum atomic E-state index is -0.321. The van der Waals surface area contributed by atoms with E-state index in [4.69, 9.17) is 16.0 Å². The van der Waals surface area contributed by atoms with Crippen molar-refractivity contribution >= 4 is 22.6 Å². The third-order valence-electron chi connectivity index (χ3n) is 3.04. The Hall–Kier alpha value is -1.06. The van der Waals surface area contributed by atoms with E-state index in [2.05, 4.69) is 19.2 Å². The zero-order valence-corrected chi connectivity index (χ0v) is 12.3. The van der Waals surface area contributed by atoms with Crippen LogP contribution < -0.4 is 5.32 Å². The quantitative estimate of drug-likeness (QED) is 0.872. The van der Waals surface area contributed by atoms with E-state index < -0.39 is 0 Å². The van der Waals surface area contributed by atoms with E-state index in [9.17, 15) is 4.39 Å². The summed E-state index contributed by atoms with van der Waals surface area (Å²) in [6.45, 7) is 7.82. The SMILES string of the molecule is CCNCc1oc2c(Cl)cc(F)cc2c1CC(C)C. The van der Waals surface area contributed by atoms with Gasteiger partial charge >= 0.3 is 0 Å². The number of halogens is 2. The van der Waals surface area contributed by atoms with Gasteiger partial charge in [0.15, 0.2) is 5.58 Å². The highest BCUT2D eigenvalue weighted by Gasteiger charge is 2.18. The fourth-order valence-corrected chi connectivity index (χ4v) is 2.48. The standard InChI is InChI=1S/C15H19ClFNO/c1-4-18-8-14-11(5-9(2)3)12-6-10(17)7-13(16)15(12)19-14/h6-7,9,18H,4-5,8H2,1-3H3. The molecule has 0 unspecified atom stereocenters. The summed E-state index contributed by atoms with van der Waals surface area (Å²) in [5.41, 5.74) is 1.65. The summed E-state index contributed by atoms with van der Waals surface area (Å²) in [6.07, 6.45) is 0.855. The Morgan fingerprint density at radius 3 is 2.74 bits per heavy atom. The zero-order valence-electron chi connectivity index (χ0n) is 11.5. The van der Waals surface area contributed by atoms with Crippen molar-refractivity contribution in [3.8, 4) is 0 Å². The molecule has 2 rings (SSSR count). The second-order valence-electron chi connectivity index (χ2n) is 5.15. The molecule has 2 nitrogen and oxygen atoms in total. The highest BCUT2D eigenvalue weighted by Crippen LogP contribution is 2.33. The molecule has 0 spiro atoms. The second kappa shape index (κ2) is 5.93. The van der Waals surface area contributed by atoms with Gasteiger partial charge in [-0.2, -0.15) is 0 Å². The maximum atomic E-state index is 13.5. The van der Waals surface area contributed by atoms with Gasteiger partial charge in [0, 0.05) is 10.9 Å². The highest BCUT2D eigenvalue weighted by atomic mass is 35.5. The molecule has 0 saturated heterocycles. The Kier molecular flexibility index (Phi) is 4.48. The van der Waals surface area contributed by atoms with Crippen molar-refractivity contribution in [3.05, 3.63) is 34.3 Å². The van der Waals surface area contributed by atoms with Crippen molar-refractivity contribution in [1.29, 1.82) is 0 Å². The molecule has 1 heterocycles. The third-order valence-corrected chi connectivity index (χ3v) is 3.32. The Morgan fingerprint density at radius 2 is 2.11 bits per heavy atom. The first-order chi connectivity index (χ1) is 9.02. The van der Waals surface area contributed by atoms with Gasteiger partial charge in [0.1, 0.15) is 11.6 Å². The molecule has 4 heteroatoms. The largest absolute Gasteiger partial charge is 0.458 e. The van der Waals surface area contributed by atoms with Gasteiger partial charge in [0.05, 0.1) is 11.6 Å². The van der Waals surface area contributed by atoms with Crippen molar-refractivity contribution in [2.45, 2.75) is 33.7 Å². The predicted molar refractivity (Wildman–Crippen MR) is 77.1 cm³/mol. The fourth-order valence-electron chi connectivity index (χ4n) is 2.24. The number of benzene rings is 1. The van der Waals surface area contributed by atoms with Gasteiger partial charge in [-0.15, -0.1) is 0 Å². The topological polar surface area (TPSA) is 25.2 Å². The molecule has 2 aromatic rings. The number of fused-ring (bicyclic) bond motifs is 1. The number of furan rings is 1. The van der Waals surface area contributed by atoms with E-state index in [-0.39, 0.29) is 5.82 Å². The Morgan fingerprint density at radius 1 is 1.37 bits per heavy atom. The summed E-state index contributed by atoms with van der Waals surface area (Å²) in [5.74, 6) is 1.01. The lowest BCUT2D eigenvalue weighted by Crippen LogP contribution is -2.12. The van der Waals surface area contributed by atoms with E-state index in [0.717, 1.165) is 29.7 Å². The van der Waals surface area contributed by atoms with Crippen molar-refractivity contribution < 1.29 is 8.81 Å². The molecule has 104 valence electrons. The van der Waals surface area contributed by atoms with Crippen molar-refractivity contribution in [2.75, 3.05) is 6.54 Å². The molecule has 0 amide bonds. The summed E-state index contributed by atoms with van der Waals surface area (Å²) in [4.78, 5) is 0. The Bertz CT molecular complexity index is 577. The molecule has 0 atom stereocenters. The van der Waals surface area contributed by atoms with Crippen LogP contribution in [-0.2, 0) is 13.0 Å². The summed E-state index contributed by atoms with van der Waals surface area (Å²) in [6, 6.07) is 2.81. The molecule has 1 aromatic heterocycles. The Balaban J connectivity index is 2.56. The molecule has 19 heavy (non-hydrogen) atoms. The van der Waals surface area contributed by atoms with Crippen LogP contribution in [0.4, 0.5) is 4.39 Å². The third kappa shape index (κ3) is 3.10. The predicted octanol–water partition coefficient (Wildman–Crippen LogP) is 4.53. The van der Waals surface area contributed by atoms with Crippen LogP contribution in [0, 0.1) is 11.7 Å². The van der Waals surface area contributed by atoms with Crippen LogP contribution in [0.15, 0.2) is 16.5 Å². The first kappa shape index (κ1) is 14.4. The molecular weight excluding hydrogens is 265 g/mol. The van der Waals surface area contributed by atoms with E-state index >= 15 is 0 Å². The molecule has 0 bridgehead atoms. The molecule has 0 aliphatic carbocycles. The van der Waals surface area contributed by atoms with E-state index in [1.807, 2.05) is 6.92 Å². The lowest BCUT2D eigenvalue weighted by molar-refractivity contribution is 0.506. The lowest BCUT2D eigenvalue weighted by Gasteiger charge is -2.06. The maximum Gasteiger partial charge on any atom is 0.153 e. The summed E-state index contributed by atoms with van der Waals surface area (Å²) < 4.78 is 19.4. The smallest absolute Gasteiger partial charge is 0.153 e. The van der Waals surface area contributed by atoms with Crippen LogP contribution in [0.2, 0.25) is 5.02 Å². The van der Waals surface area contributed by atoms with Crippen LogP contribution in [0.3, 0.4) is 0 Å². The minimum absolute atomic E-state index is 0.321. The Labute approximate surface area is 117 Å². The average molecular weight is 284 g/mol. The van der Waals surface area contributed by atoms with Gasteiger partial charge in [-0.25, -0.2) is 4.39 Å². The van der Waals surface area contributed by atoms with Crippen molar-refractivity contribution in [1.82, 2.24) is 5.32 Å². The number of rotatable bonds is 5. The minimum Gasteiger partial charge on any atom is -0.458 e. The fraction of sp³-hybridized carbons (Fsp3) is 0.467. The van der Waals surface area contributed by atoms with Gasteiger partial charge in [-0.1, -0.05) is 32.4 Å². The number of hydrogen-bond donors (Lipinski definition) is 1. The molecule has 1 aromatic carbocycles. The molecule has 0 aliphatic heterocycles.